The van der Waals surface area contributed by atoms with Crippen LogP contribution in [0.4, 0.5) is 13.2 Å². The van der Waals surface area contributed by atoms with E-state index in [-0.39, 0.29) is 12.5 Å². The molecule has 3 rings (SSSR count). The maximum absolute atomic E-state index is 12.8. The van der Waals surface area contributed by atoms with E-state index in [0.717, 1.165) is 22.7 Å². The summed E-state index contributed by atoms with van der Waals surface area (Å²) in [4.78, 5) is 13.3. The first-order valence-electron chi connectivity index (χ1n) is 8.41. The molecule has 8 heteroatoms. The highest BCUT2D eigenvalue weighted by atomic mass is 32.2. The van der Waals surface area contributed by atoms with Gasteiger partial charge in [0.2, 0.25) is 0 Å². The highest BCUT2D eigenvalue weighted by molar-refractivity contribution is 7.98. The predicted molar refractivity (Wildman–Crippen MR) is 99.9 cm³/mol. The lowest BCUT2D eigenvalue weighted by Crippen LogP contribution is -2.23. The van der Waals surface area contributed by atoms with Gasteiger partial charge in [-0.25, -0.2) is 0 Å². The van der Waals surface area contributed by atoms with E-state index in [1.54, 1.807) is 18.2 Å². The van der Waals surface area contributed by atoms with E-state index in [4.69, 9.17) is 4.52 Å². The Morgan fingerprint density at radius 1 is 1.14 bits per heavy atom. The quantitative estimate of drug-likeness (QED) is 0.570. The van der Waals surface area contributed by atoms with Gasteiger partial charge in [-0.3, -0.25) is 4.79 Å². The molecule has 0 bridgehead atoms. The lowest BCUT2D eigenvalue weighted by atomic mass is 10.1. The van der Waals surface area contributed by atoms with Crippen LogP contribution in [0.1, 0.15) is 32.9 Å². The van der Waals surface area contributed by atoms with E-state index in [9.17, 15) is 18.0 Å². The predicted octanol–water partition coefficient (Wildman–Crippen LogP) is 5.22. The fraction of sp³-hybridized carbons (Fsp3) is 0.200. The first kappa shape index (κ1) is 20.0. The third-order valence-corrected chi connectivity index (χ3v) is 4.98. The van der Waals surface area contributed by atoms with Gasteiger partial charge in [-0.05, 0) is 36.8 Å². The molecule has 0 atom stereocenters. The Balaban J connectivity index is 1.66. The molecule has 0 saturated carbocycles. The second kappa shape index (κ2) is 8.52. The first-order valence-corrected chi connectivity index (χ1v) is 9.40. The van der Waals surface area contributed by atoms with Crippen molar-refractivity contribution in [1.82, 2.24) is 10.5 Å². The number of thioether (sulfide) groups is 1. The van der Waals surface area contributed by atoms with Gasteiger partial charge in [0.05, 0.1) is 22.6 Å². The van der Waals surface area contributed by atoms with Crippen molar-refractivity contribution in [1.29, 1.82) is 0 Å². The molecule has 4 nitrogen and oxygen atoms in total. The molecule has 1 N–H and O–H groups in total. The number of rotatable bonds is 6. The molecule has 2 aromatic carbocycles. The van der Waals surface area contributed by atoms with Gasteiger partial charge in [-0.2, -0.15) is 13.2 Å². The van der Waals surface area contributed by atoms with Crippen LogP contribution in [0.15, 0.2) is 64.0 Å². The number of hydrogen-bond acceptors (Lipinski definition) is 4. The van der Waals surface area contributed by atoms with Crippen LogP contribution in [0.3, 0.4) is 0 Å². The number of halogens is 3. The number of carbonyl (C=O) groups excluding carboxylic acids is 1. The summed E-state index contributed by atoms with van der Waals surface area (Å²) < 4.78 is 43.6. The van der Waals surface area contributed by atoms with E-state index in [1.807, 2.05) is 25.1 Å². The Morgan fingerprint density at radius 3 is 2.64 bits per heavy atom. The van der Waals surface area contributed by atoms with Gasteiger partial charge in [0.15, 0.2) is 0 Å². The monoisotopic (exact) mass is 406 g/mol. The Kier molecular flexibility index (Phi) is 6.08. The molecule has 0 saturated heterocycles. The van der Waals surface area contributed by atoms with Gasteiger partial charge < -0.3 is 9.84 Å². The van der Waals surface area contributed by atoms with E-state index < -0.39 is 11.7 Å². The van der Waals surface area contributed by atoms with Crippen molar-refractivity contribution < 1.29 is 22.5 Å². The van der Waals surface area contributed by atoms with E-state index >= 15 is 0 Å². The second-order valence-corrected chi connectivity index (χ2v) is 7.12. The van der Waals surface area contributed by atoms with Crippen molar-refractivity contribution in [2.45, 2.75) is 30.3 Å². The van der Waals surface area contributed by atoms with Gasteiger partial charge in [-0.15, -0.1) is 11.8 Å². The van der Waals surface area contributed by atoms with Gasteiger partial charge in [-0.1, -0.05) is 29.4 Å². The van der Waals surface area contributed by atoms with Crippen molar-refractivity contribution >= 4 is 17.7 Å². The zero-order valence-corrected chi connectivity index (χ0v) is 15.7. The van der Waals surface area contributed by atoms with Crippen LogP contribution in [-0.4, -0.2) is 11.1 Å². The molecule has 0 aliphatic carbocycles. The van der Waals surface area contributed by atoms with Crippen LogP contribution in [-0.2, 0) is 18.5 Å². The minimum absolute atomic E-state index is 0.00303. The maximum Gasteiger partial charge on any atom is 0.416 e. The molecule has 0 radical (unpaired) electrons. The summed E-state index contributed by atoms with van der Waals surface area (Å²) in [6.07, 6.45) is -4.41. The van der Waals surface area contributed by atoms with Crippen molar-refractivity contribution in [3.05, 3.63) is 82.7 Å². The average molecular weight is 406 g/mol. The standard InChI is InChI=1S/C20H17F3N2O2S/c1-13-9-16(27-25-13)12-28-18-8-3-2-7-17(18)19(26)24-11-14-5-4-6-15(10-14)20(21,22)23/h2-10H,11-12H2,1H3,(H,24,26). The van der Waals surface area contributed by atoms with Crippen LogP contribution in [0.2, 0.25) is 0 Å². The number of aryl methyl sites for hydroxylation is 1. The lowest BCUT2D eigenvalue weighted by molar-refractivity contribution is -0.137. The Labute approximate surface area is 164 Å². The summed E-state index contributed by atoms with van der Waals surface area (Å²) in [7, 11) is 0. The molecular formula is C20H17F3N2O2S. The van der Waals surface area contributed by atoms with Gasteiger partial charge in [0, 0.05) is 17.5 Å². The number of amides is 1. The fourth-order valence-corrected chi connectivity index (χ4v) is 3.47. The number of aromatic nitrogens is 1. The van der Waals surface area contributed by atoms with Crippen molar-refractivity contribution in [3.8, 4) is 0 Å². The molecule has 0 unspecified atom stereocenters. The van der Waals surface area contributed by atoms with Crippen LogP contribution >= 0.6 is 11.8 Å². The van der Waals surface area contributed by atoms with Gasteiger partial charge in [0.1, 0.15) is 5.76 Å². The molecule has 1 amide bonds. The minimum Gasteiger partial charge on any atom is -0.360 e. The van der Waals surface area contributed by atoms with Crippen LogP contribution in [0.5, 0.6) is 0 Å². The SMILES string of the molecule is Cc1cc(CSc2ccccc2C(=O)NCc2cccc(C(F)(F)F)c2)on1. The van der Waals surface area contributed by atoms with E-state index in [1.165, 1.54) is 17.8 Å². The molecular weight excluding hydrogens is 389 g/mol. The van der Waals surface area contributed by atoms with Gasteiger partial charge >= 0.3 is 6.18 Å². The minimum atomic E-state index is -4.41. The van der Waals surface area contributed by atoms with Crippen LogP contribution in [0.25, 0.3) is 0 Å². The number of nitrogens with one attached hydrogen (secondary N) is 1. The van der Waals surface area contributed by atoms with Crippen molar-refractivity contribution in [3.63, 3.8) is 0 Å². The molecule has 28 heavy (non-hydrogen) atoms. The van der Waals surface area contributed by atoms with E-state index in [2.05, 4.69) is 10.5 Å². The highest BCUT2D eigenvalue weighted by Gasteiger charge is 2.30. The lowest BCUT2D eigenvalue weighted by Gasteiger charge is -2.11. The zero-order chi connectivity index (χ0) is 20.1. The molecule has 3 aromatic rings. The Hall–Kier alpha value is -2.74. The Morgan fingerprint density at radius 2 is 1.93 bits per heavy atom. The summed E-state index contributed by atoms with van der Waals surface area (Å²) in [5.74, 6) is 0.856. The molecule has 0 spiro atoms. The number of carbonyl (C=O) groups is 1. The third kappa shape index (κ3) is 5.16. The molecule has 0 aliphatic rings. The summed E-state index contributed by atoms with van der Waals surface area (Å²) >= 11 is 1.43. The highest BCUT2D eigenvalue weighted by Crippen LogP contribution is 2.30. The second-order valence-electron chi connectivity index (χ2n) is 6.10. The fourth-order valence-electron chi connectivity index (χ4n) is 2.55. The summed E-state index contributed by atoms with van der Waals surface area (Å²) in [5.41, 5.74) is 0.876. The van der Waals surface area contributed by atoms with Crippen molar-refractivity contribution in [2.24, 2.45) is 0 Å². The smallest absolute Gasteiger partial charge is 0.360 e. The molecule has 0 aliphatic heterocycles. The average Bonchev–Trinajstić information content (AvgIpc) is 3.09. The maximum atomic E-state index is 12.8. The first-order chi connectivity index (χ1) is 13.3. The molecule has 146 valence electrons. The summed E-state index contributed by atoms with van der Waals surface area (Å²) in [5, 5.41) is 6.51. The Bertz CT molecular complexity index is 970. The van der Waals surface area contributed by atoms with Crippen molar-refractivity contribution in [2.75, 3.05) is 0 Å². The number of hydrogen-bond donors (Lipinski definition) is 1. The number of alkyl halides is 3. The number of benzene rings is 2. The summed E-state index contributed by atoms with van der Waals surface area (Å²) in [6, 6.07) is 13.8. The number of nitrogens with zero attached hydrogens (tertiary/aromatic N) is 1. The molecule has 0 fully saturated rings. The molecule has 1 aromatic heterocycles. The normalized spacial score (nSPS) is 11.4. The largest absolute Gasteiger partial charge is 0.416 e. The summed E-state index contributed by atoms with van der Waals surface area (Å²) in [6.45, 7) is 1.83. The van der Waals surface area contributed by atoms with E-state index in [0.29, 0.717) is 22.6 Å². The van der Waals surface area contributed by atoms with Crippen LogP contribution < -0.4 is 5.32 Å². The van der Waals surface area contributed by atoms with Crippen LogP contribution in [0, 0.1) is 6.92 Å². The van der Waals surface area contributed by atoms with Gasteiger partial charge in [0.25, 0.3) is 5.91 Å². The molecule has 1 heterocycles. The topological polar surface area (TPSA) is 55.1 Å². The zero-order valence-electron chi connectivity index (χ0n) is 14.9. The third-order valence-electron chi connectivity index (χ3n) is 3.89.